The van der Waals surface area contributed by atoms with Gasteiger partial charge in [-0.2, -0.15) is 26.3 Å². The summed E-state index contributed by atoms with van der Waals surface area (Å²) in [6.07, 6.45) is -5.12. The second-order valence-electron chi connectivity index (χ2n) is 17.1. The molecule has 1 fully saturated rings. The van der Waals surface area contributed by atoms with Crippen molar-refractivity contribution in [2.45, 2.75) is 57.0 Å². The van der Waals surface area contributed by atoms with Crippen LogP contribution < -0.4 is 4.74 Å². The maximum absolute atomic E-state index is 15.2. The van der Waals surface area contributed by atoms with Gasteiger partial charge in [0.05, 0.1) is 33.6 Å². The smallest absolute Gasteiger partial charge is 0.416 e. The molecule has 7 aromatic carbocycles. The molecular weight excluding hydrogens is 841 g/mol. The van der Waals surface area contributed by atoms with E-state index in [0.717, 1.165) is 88.4 Å². The molecule has 10 heteroatoms. The first-order valence-corrected chi connectivity index (χ1v) is 22.4. The van der Waals surface area contributed by atoms with Crippen LogP contribution in [0.1, 0.15) is 71.7 Å². The van der Waals surface area contributed by atoms with Crippen molar-refractivity contribution in [1.29, 1.82) is 0 Å². The molecule has 3 heterocycles. The molecule has 0 amide bonds. The molecule has 2 aromatic heterocycles. The fourth-order valence-electron chi connectivity index (χ4n) is 10.3. The third kappa shape index (κ3) is 6.94. The third-order valence-corrected chi connectivity index (χ3v) is 14.4. The maximum atomic E-state index is 15.2. The van der Waals surface area contributed by atoms with E-state index in [-0.39, 0.29) is 40.2 Å². The number of ether oxygens (including phenoxy) is 1. The van der Waals surface area contributed by atoms with Crippen molar-refractivity contribution in [3.63, 3.8) is 0 Å². The monoisotopic (exact) mass is 879 g/mol. The molecule has 9 aromatic rings. The van der Waals surface area contributed by atoms with E-state index in [0.29, 0.717) is 11.1 Å². The lowest BCUT2D eigenvalue weighted by Crippen LogP contribution is -2.37. The molecule has 64 heavy (non-hydrogen) atoms. The van der Waals surface area contributed by atoms with Gasteiger partial charge >= 0.3 is 12.4 Å². The van der Waals surface area contributed by atoms with Crippen LogP contribution in [0.2, 0.25) is 0 Å². The molecule has 2 atom stereocenters. The first-order valence-electron chi connectivity index (χ1n) is 21.6. The second kappa shape index (κ2) is 15.4. The summed E-state index contributed by atoms with van der Waals surface area (Å²) in [4.78, 5) is 15.2. The molecule has 1 saturated carbocycles. The number of rotatable bonds is 5. The van der Waals surface area contributed by atoms with Crippen LogP contribution in [0, 0.1) is 11.8 Å². The third-order valence-electron chi connectivity index (χ3n) is 13.3. The van der Waals surface area contributed by atoms with E-state index in [1.165, 1.54) is 21.5 Å². The van der Waals surface area contributed by atoms with Crippen molar-refractivity contribution >= 4 is 59.1 Å². The molecular formula is C54H39F6NO2S. The molecule has 3 nitrogen and oxygen atoms in total. The Bertz CT molecular complexity index is 3230. The molecule has 0 spiro atoms. The topological polar surface area (TPSA) is 31.2 Å². The number of carbonyl (C=O) groups is 1. The van der Waals surface area contributed by atoms with E-state index in [4.69, 9.17) is 4.74 Å². The molecule has 0 saturated heterocycles. The highest BCUT2D eigenvalue weighted by molar-refractivity contribution is 7.25. The van der Waals surface area contributed by atoms with Crippen LogP contribution in [-0.4, -0.2) is 10.4 Å². The van der Waals surface area contributed by atoms with Crippen molar-refractivity contribution < 1.29 is 35.9 Å². The minimum absolute atomic E-state index is 0.0230. The lowest BCUT2D eigenvalue weighted by Gasteiger charge is -2.38. The van der Waals surface area contributed by atoms with Gasteiger partial charge in [-0.05, 0) is 108 Å². The Labute approximate surface area is 368 Å². The van der Waals surface area contributed by atoms with Crippen LogP contribution >= 0.6 is 11.3 Å². The highest BCUT2D eigenvalue weighted by atomic mass is 32.1. The molecule has 11 rings (SSSR count). The van der Waals surface area contributed by atoms with Crippen LogP contribution in [0.4, 0.5) is 26.3 Å². The second-order valence-corrected chi connectivity index (χ2v) is 18.2. The molecule has 0 N–H and O–H groups in total. The summed E-state index contributed by atoms with van der Waals surface area (Å²) in [6, 6.07) is 42.9. The normalized spacial score (nSPS) is 17.6. The predicted octanol–water partition coefficient (Wildman–Crippen LogP) is 16.4. The number of carbonyl (C=O) groups excluding carboxylic acids is 1. The van der Waals surface area contributed by atoms with E-state index in [2.05, 4.69) is 47.0 Å². The van der Waals surface area contributed by atoms with Gasteiger partial charge < -0.3 is 9.30 Å². The Morgan fingerprint density at radius 3 is 1.86 bits per heavy atom. The molecule has 0 radical (unpaired) electrons. The fraction of sp³-hybridized carbons (Fsp3) is 0.204. The Morgan fingerprint density at radius 1 is 0.531 bits per heavy atom. The average Bonchev–Trinajstić information content (AvgIpc) is 3.68. The zero-order valence-corrected chi connectivity index (χ0v) is 35.1. The standard InChI is InChI=1S/C54H39F6NO2S/c55-53(56,57)36-24-34(25-37(28-36)54(58,59)60)35-26-41(52-44(27-35)50(62)49(32-12-4-1-2-5-13-32)51(63-52)33-14-6-3-7-15-33)31-20-22-38(23-21-31)61-45-18-10-8-16-39(45)42-29-43-40-17-9-11-19-47(40)64-48(43)30-46(42)61/h3,6-11,14-30,32,49,51H,1-2,4-5,12-13H2. The zero-order chi connectivity index (χ0) is 43.9. The fourth-order valence-corrected chi connectivity index (χ4v) is 11.4. The largest absolute Gasteiger partial charge is 0.484 e. The van der Waals surface area contributed by atoms with Gasteiger partial charge in [-0.25, -0.2) is 0 Å². The van der Waals surface area contributed by atoms with Crippen molar-refractivity contribution in [2.75, 3.05) is 0 Å². The van der Waals surface area contributed by atoms with Crippen molar-refractivity contribution in [1.82, 2.24) is 4.57 Å². The first-order chi connectivity index (χ1) is 30.9. The van der Waals surface area contributed by atoms with Gasteiger partial charge in [-0.1, -0.05) is 105 Å². The number of alkyl halides is 6. The van der Waals surface area contributed by atoms with Crippen molar-refractivity contribution in [3.8, 4) is 33.7 Å². The van der Waals surface area contributed by atoms with Gasteiger partial charge in [0, 0.05) is 42.2 Å². The van der Waals surface area contributed by atoms with Gasteiger partial charge in [-0.15, -0.1) is 11.3 Å². The molecule has 2 unspecified atom stereocenters. The number of thiophene rings is 1. The number of para-hydroxylation sites is 1. The number of Topliss-reactive ketones (excluding diaryl/α,β-unsaturated/α-hetero) is 1. The van der Waals surface area contributed by atoms with Gasteiger partial charge in [0.15, 0.2) is 5.78 Å². The number of aromatic nitrogens is 1. The van der Waals surface area contributed by atoms with Crippen molar-refractivity contribution in [2.24, 2.45) is 11.8 Å². The number of ketones is 1. The number of nitrogens with zero attached hydrogens (tertiary/aromatic N) is 1. The van der Waals surface area contributed by atoms with Crippen LogP contribution in [0.3, 0.4) is 0 Å². The van der Waals surface area contributed by atoms with Crippen molar-refractivity contribution in [3.05, 3.63) is 168 Å². The van der Waals surface area contributed by atoms with Gasteiger partial charge in [0.25, 0.3) is 0 Å². The lowest BCUT2D eigenvalue weighted by atomic mass is 9.73. The Balaban J connectivity index is 1.11. The highest BCUT2D eigenvalue weighted by Crippen LogP contribution is 2.51. The average molecular weight is 880 g/mol. The number of fused-ring (bicyclic) bond motifs is 7. The van der Waals surface area contributed by atoms with E-state index in [1.54, 1.807) is 17.4 Å². The summed E-state index contributed by atoms with van der Waals surface area (Å²) in [5.74, 6) is -0.589. The minimum Gasteiger partial charge on any atom is -0.484 e. The highest BCUT2D eigenvalue weighted by Gasteiger charge is 2.44. The number of hydrogen-bond donors (Lipinski definition) is 0. The summed E-state index contributed by atoms with van der Waals surface area (Å²) in [5, 5.41) is 4.57. The van der Waals surface area contributed by atoms with E-state index in [9.17, 15) is 26.3 Å². The summed E-state index contributed by atoms with van der Waals surface area (Å²) in [6.45, 7) is 0. The number of hydrogen-bond acceptors (Lipinski definition) is 3. The SMILES string of the molecule is O=C1c2cc(-c3cc(C(F)(F)F)cc(C(F)(F)F)c3)cc(-c3ccc(-n4c5ccccc5c5cc6c(cc54)sc4ccccc46)cc3)c2OC(c2ccccc2)C1C1CCCCCC1. The summed E-state index contributed by atoms with van der Waals surface area (Å²) >= 11 is 1.74. The van der Waals surface area contributed by atoms with Gasteiger partial charge in [0.1, 0.15) is 11.9 Å². The van der Waals surface area contributed by atoms with Gasteiger partial charge in [0.2, 0.25) is 0 Å². The molecule has 2 aliphatic rings. The van der Waals surface area contributed by atoms with Crippen LogP contribution in [0.15, 0.2) is 146 Å². The molecule has 1 aliphatic heterocycles. The van der Waals surface area contributed by atoms with E-state index in [1.807, 2.05) is 72.8 Å². The zero-order valence-electron chi connectivity index (χ0n) is 34.3. The summed E-state index contributed by atoms with van der Waals surface area (Å²) in [5.41, 5.74) is 1.72. The van der Waals surface area contributed by atoms with Crippen LogP contribution in [-0.2, 0) is 12.4 Å². The lowest BCUT2D eigenvalue weighted by molar-refractivity contribution is -0.143. The van der Waals surface area contributed by atoms with Crippen LogP contribution in [0.25, 0.3) is 69.9 Å². The van der Waals surface area contributed by atoms with Gasteiger partial charge in [-0.3, -0.25) is 4.79 Å². The Kier molecular flexibility index (Phi) is 9.72. The number of halogens is 6. The predicted molar refractivity (Wildman–Crippen MR) is 243 cm³/mol. The number of benzene rings is 7. The maximum Gasteiger partial charge on any atom is 0.416 e. The van der Waals surface area contributed by atoms with Crippen LogP contribution in [0.5, 0.6) is 5.75 Å². The molecule has 0 bridgehead atoms. The summed E-state index contributed by atoms with van der Waals surface area (Å²) < 4.78 is 97.1. The van der Waals surface area contributed by atoms with E-state index >= 15 is 4.79 Å². The quantitative estimate of drug-likeness (QED) is 0.127. The Hall–Kier alpha value is -6.39. The first kappa shape index (κ1) is 40.4. The molecule has 320 valence electrons. The van der Waals surface area contributed by atoms with E-state index < -0.39 is 35.5 Å². The summed E-state index contributed by atoms with van der Waals surface area (Å²) in [7, 11) is 0. The Morgan fingerprint density at radius 2 is 1.16 bits per heavy atom. The minimum atomic E-state index is -5.05. The molecule has 1 aliphatic carbocycles.